The first-order valence-corrected chi connectivity index (χ1v) is 9.95. The smallest absolute Gasteiger partial charge is 0.246 e. The lowest BCUT2D eigenvalue weighted by molar-refractivity contribution is -0.127. The molecule has 2 N–H and O–H groups in total. The molecule has 1 aliphatic rings. The largest absolute Gasteiger partial charge is 0.478 e. The second-order valence-electron chi connectivity index (χ2n) is 7.18. The number of hydrogen-bond donors (Lipinski definition) is 1. The van der Waals surface area contributed by atoms with Crippen LogP contribution in [0.4, 0.5) is 14.6 Å². The summed E-state index contributed by atoms with van der Waals surface area (Å²) in [6.45, 7) is 4.47. The molecule has 10 heteroatoms. The summed E-state index contributed by atoms with van der Waals surface area (Å²) in [5, 5.41) is 5.07. The third kappa shape index (κ3) is 4.09. The minimum absolute atomic E-state index is 0.113. The zero-order valence-electron chi connectivity index (χ0n) is 17.1. The van der Waals surface area contributed by atoms with Gasteiger partial charge in [0, 0.05) is 13.1 Å². The highest BCUT2D eigenvalue weighted by Gasteiger charge is 2.27. The summed E-state index contributed by atoms with van der Waals surface area (Å²) in [5.74, 6) is 3.38. The van der Waals surface area contributed by atoms with E-state index in [1.54, 1.807) is 9.58 Å². The number of piperidine rings is 1. The number of rotatable bonds is 4. The number of ether oxygens (including phenoxy) is 1. The fraction of sp³-hybridized carbons (Fsp3) is 0.273. The van der Waals surface area contributed by atoms with Gasteiger partial charge in [0.15, 0.2) is 17.2 Å². The monoisotopic (exact) mass is 438 g/mol. The highest BCUT2D eigenvalue weighted by atomic mass is 19.2. The predicted octanol–water partition coefficient (Wildman–Crippen LogP) is 2.47. The lowest BCUT2D eigenvalue weighted by atomic mass is 10.1. The van der Waals surface area contributed by atoms with Gasteiger partial charge < -0.3 is 15.4 Å². The molecule has 8 nitrogen and oxygen atoms in total. The number of carbonyl (C=O) groups excluding carboxylic acids is 1. The number of nitrogens with zero attached hydrogens (tertiary/aromatic N) is 5. The summed E-state index contributed by atoms with van der Waals surface area (Å²) in [4.78, 5) is 22.1. The van der Waals surface area contributed by atoms with Crippen molar-refractivity contribution in [2.75, 3.05) is 25.4 Å². The molecule has 1 aliphatic heterocycles. The van der Waals surface area contributed by atoms with Crippen molar-refractivity contribution in [3.63, 3.8) is 0 Å². The maximum absolute atomic E-state index is 13.7. The fourth-order valence-corrected chi connectivity index (χ4v) is 3.65. The highest BCUT2D eigenvalue weighted by Crippen LogP contribution is 2.28. The minimum atomic E-state index is -1.07. The average Bonchev–Trinajstić information content (AvgIpc) is 3.19. The molecular formula is C22H20F2N6O2. The summed E-state index contributed by atoms with van der Waals surface area (Å²) in [6.07, 6.45) is 4.25. The van der Waals surface area contributed by atoms with Gasteiger partial charge in [0.05, 0.1) is 11.4 Å². The van der Waals surface area contributed by atoms with Crippen molar-refractivity contribution in [3.8, 4) is 17.6 Å². The third-order valence-corrected chi connectivity index (χ3v) is 5.17. The van der Waals surface area contributed by atoms with Crippen molar-refractivity contribution in [2.24, 2.45) is 0 Å². The number of benzene rings is 1. The number of hydrogen-bond acceptors (Lipinski definition) is 6. The molecule has 0 spiro atoms. The Kier molecular flexibility index (Phi) is 5.98. The van der Waals surface area contributed by atoms with Gasteiger partial charge in [0.1, 0.15) is 24.4 Å². The van der Waals surface area contributed by atoms with E-state index in [1.165, 1.54) is 24.5 Å². The molecule has 0 radical (unpaired) electrons. The van der Waals surface area contributed by atoms with Crippen molar-refractivity contribution >= 4 is 22.8 Å². The van der Waals surface area contributed by atoms with Crippen LogP contribution in [0.15, 0.2) is 37.2 Å². The van der Waals surface area contributed by atoms with Crippen molar-refractivity contribution in [2.45, 2.75) is 18.9 Å². The van der Waals surface area contributed by atoms with Crippen LogP contribution >= 0.6 is 0 Å². The summed E-state index contributed by atoms with van der Waals surface area (Å²) >= 11 is 0. The van der Waals surface area contributed by atoms with Gasteiger partial charge in [-0.05, 0) is 37.0 Å². The number of anilines is 1. The Balaban J connectivity index is 1.61. The number of halogens is 2. The van der Waals surface area contributed by atoms with Crippen LogP contribution < -0.4 is 10.5 Å². The number of aromatic nitrogens is 4. The average molecular weight is 438 g/mol. The first kappa shape index (κ1) is 21.2. The summed E-state index contributed by atoms with van der Waals surface area (Å²) < 4.78 is 33.9. The summed E-state index contributed by atoms with van der Waals surface area (Å²) in [7, 11) is 0. The van der Waals surface area contributed by atoms with Crippen molar-refractivity contribution in [1.82, 2.24) is 24.6 Å². The molecule has 0 unspecified atom stereocenters. The molecule has 32 heavy (non-hydrogen) atoms. The first-order chi connectivity index (χ1) is 15.5. The van der Waals surface area contributed by atoms with Crippen LogP contribution in [-0.2, 0) is 4.79 Å². The zero-order valence-corrected chi connectivity index (χ0v) is 17.1. The molecule has 4 rings (SSSR count). The van der Waals surface area contributed by atoms with E-state index >= 15 is 0 Å². The molecule has 0 saturated carbocycles. The molecule has 0 aliphatic carbocycles. The van der Waals surface area contributed by atoms with Crippen LogP contribution in [0.25, 0.3) is 11.0 Å². The van der Waals surface area contributed by atoms with E-state index < -0.39 is 11.6 Å². The number of likely N-dealkylation sites (tertiary alicyclic amines) is 1. The Morgan fingerprint density at radius 1 is 1.38 bits per heavy atom. The van der Waals surface area contributed by atoms with Gasteiger partial charge in [-0.15, -0.1) is 0 Å². The minimum Gasteiger partial charge on any atom is -0.478 e. The van der Waals surface area contributed by atoms with Crippen LogP contribution in [0.2, 0.25) is 0 Å². The molecular weight excluding hydrogens is 418 g/mol. The van der Waals surface area contributed by atoms with Crippen LogP contribution in [-0.4, -0.2) is 50.3 Å². The van der Waals surface area contributed by atoms with E-state index in [-0.39, 0.29) is 30.1 Å². The Bertz CT molecular complexity index is 1250. The lowest BCUT2D eigenvalue weighted by Crippen LogP contribution is -2.40. The van der Waals surface area contributed by atoms with Gasteiger partial charge in [0.25, 0.3) is 0 Å². The Labute approximate surface area is 182 Å². The van der Waals surface area contributed by atoms with Crippen LogP contribution in [0.5, 0.6) is 5.75 Å². The molecule has 1 aromatic carbocycles. The highest BCUT2D eigenvalue weighted by molar-refractivity contribution is 5.90. The van der Waals surface area contributed by atoms with Gasteiger partial charge in [-0.2, -0.15) is 9.49 Å². The van der Waals surface area contributed by atoms with Gasteiger partial charge in [0.2, 0.25) is 11.7 Å². The summed E-state index contributed by atoms with van der Waals surface area (Å²) in [5.41, 5.74) is 6.91. The van der Waals surface area contributed by atoms with E-state index in [1.807, 2.05) is 0 Å². The van der Waals surface area contributed by atoms with Gasteiger partial charge in [-0.1, -0.05) is 18.6 Å². The van der Waals surface area contributed by atoms with E-state index in [0.29, 0.717) is 29.8 Å². The molecule has 1 amide bonds. The first-order valence-electron chi connectivity index (χ1n) is 9.95. The Hall–Kier alpha value is -4.00. The maximum Gasteiger partial charge on any atom is 0.246 e. The molecule has 0 bridgehead atoms. The lowest BCUT2D eigenvalue weighted by Gasteiger charge is -2.32. The number of amides is 1. The molecule has 3 aromatic rings. The van der Waals surface area contributed by atoms with E-state index in [9.17, 15) is 13.6 Å². The van der Waals surface area contributed by atoms with Crippen LogP contribution in [0.3, 0.4) is 0 Å². The van der Waals surface area contributed by atoms with Crippen molar-refractivity contribution in [1.29, 1.82) is 0 Å². The third-order valence-electron chi connectivity index (χ3n) is 5.17. The quantitative estimate of drug-likeness (QED) is 0.496. The van der Waals surface area contributed by atoms with Crippen LogP contribution in [0, 0.1) is 23.5 Å². The van der Waals surface area contributed by atoms with Gasteiger partial charge in [-0.25, -0.2) is 19.0 Å². The molecule has 1 fully saturated rings. The molecule has 3 heterocycles. The topological polar surface area (TPSA) is 99.2 Å². The standard InChI is InChI=1S/C22H20F2N6O2/c1-2-18(31)29-10-4-6-14(12-29)30-22-19(21(25)26-13-27-22)16(28-30)8-5-11-32-17-9-3-7-15(23)20(17)24/h2-3,7,9,13-14H,1,4,6,10-12H2,(H2,25,26,27)/t14-/m1/s1. The molecule has 1 atom stereocenters. The van der Waals surface area contributed by atoms with Crippen molar-refractivity contribution in [3.05, 3.63) is 54.5 Å². The molecule has 164 valence electrons. The Morgan fingerprint density at radius 3 is 3.03 bits per heavy atom. The van der Waals surface area contributed by atoms with Crippen molar-refractivity contribution < 1.29 is 18.3 Å². The maximum atomic E-state index is 13.7. The Morgan fingerprint density at radius 2 is 2.22 bits per heavy atom. The molecule has 1 saturated heterocycles. The zero-order chi connectivity index (χ0) is 22.7. The number of nitrogen functional groups attached to an aromatic ring is 1. The second-order valence-corrected chi connectivity index (χ2v) is 7.18. The SMILES string of the molecule is C=CC(=O)N1CCC[C@@H](n2nc(C#CCOc3cccc(F)c3F)c3c(N)ncnc32)C1. The second kappa shape index (κ2) is 9.01. The number of fused-ring (bicyclic) bond motifs is 1. The van der Waals surface area contributed by atoms with E-state index in [2.05, 4.69) is 33.5 Å². The number of carbonyl (C=O) groups is 1. The van der Waals surface area contributed by atoms with E-state index in [0.717, 1.165) is 18.9 Å². The van der Waals surface area contributed by atoms with Gasteiger partial charge in [-0.3, -0.25) is 4.79 Å². The molecule has 2 aromatic heterocycles. The normalized spacial score (nSPS) is 15.8. The van der Waals surface area contributed by atoms with Gasteiger partial charge >= 0.3 is 0 Å². The summed E-state index contributed by atoms with van der Waals surface area (Å²) in [6, 6.07) is 3.55. The number of nitrogens with two attached hydrogens (primary N) is 1. The fourth-order valence-electron chi connectivity index (χ4n) is 3.65. The van der Waals surface area contributed by atoms with E-state index in [4.69, 9.17) is 10.5 Å². The van der Waals surface area contributed by atoms with Crippen LogP contribution in [0.1, 0.15) is 24.6 Å². The predicted molar refractivity (Wildman–Crippen MR) is 114 cm³/mol.